The van der Waals surface area contributed by atoms with Gasteiger partial charge in [-0.15, -0.1) is 0 Å². The Bertz CT molecular complexity index is 411. The van der Waals surface area contributed by atoms with Crippen molar-refractivity contribution in [1.29, 1.82) is 0 Å². The summed E-state index contributed by atoms with van der Waals surface area (Å²) in [6.45, 7) is 2.56. The monoisotopic (exact) mass is 238 g/mol. The van der Waals surface area contributed by atoms with Crippen molar-refractivity contribution in [2.45, 2.75) is 25.9 Å². The van der Waals surface area contributed by atoms with Gasteiger partial charge in [0.2, 0.25) is 5.91 Å². The van der Waals surface area contributed by atoms with Gasteiger partial charge in [0.05, 0.1) is 23.9 Å². The van der Waals surface area contributed by atoms with Crippen LogP contribution in [0.2, 0.25) is 0 Å². The summed E-state index contributed by atoms with van der Waals surface area (Å²) in [4.78, 5) is 15.6. The molecule has 0 aromatic carbocycles. The number of ether oxygens (including phenoxy) is 1. The molecular weight excluding hydrogens is 223 g/mol. The molecular formula is C12H15FN2O2. The SMILES string of the molecule is C[C@H]1OCCC[C@H]1C(=O)Nc1ccncc1F. The highest BCUT2D eigenvalue weighted by Gasteiger charge is 2.28. The zero-order valence-corrected chi connectivity index (χ0v) is 9.65. The molecule has 17 heavy (non-hydrogen) atoms. The van der Waals surface area contributed by atoms with Gasteiger partial charge in [-0.3, -0.25) is 9.78 Å². The number of nitrogens with zero attached hydrogens (tertiary/aromatic N) is 1. The summed E-state index contributed by atoms with van der Waals surface area (Å²) in [5, 5.41) is 2.58. The van der Waals surface area contributed by atoms with Crippen LogP contribution in [0.15, 0.2) is 18.5 Å². The third-order valence-corrected chi connectivity index (χ3v) is 2.97. The number of rotatable bonds is 2. The van der Waals surface area contributed by atoms with Crippen LogP contribution in [0.4, 0.5) is 10.1 Å². The molecule has 0 saturated carbocycles. The van der Waals surface area contributed by atoms with E-state index in [0.29, 0.717) is 6.61 Å². The molecule has 1 amide bonds. The Hall–Kier alpha value is -1.49. The van der Waals surface area contributed by atoms with E-state index in [0.717, 1.165) is 19.0 Å². The predicted octanol–water partition coefficient (Wildman–Crippen LogP) is 1.97. The van der Waals surface area contributed by atoms with Crippen LogP contribution in [-0.2, 0) is 9.53 Å². The Kier molecular flexibility index (Phi) is 3.68. The molecule has 1 N–H and O–H groups in total. The summed E-state index contributed by atoms with van der Waals surface area (Å²) in [6.07, 6.45) is 4.05. The maximum Gasteiger partial charge on any atom is 0.230 e. The molecule has 1 aromatic heterocycles. The molecule has 5 heteroatoms. The maximum atomic E-state index is 13.3. The minimum Gasteiger partial charge on any atom is -0.378 e. The molecule has 92 valence electrons. The van der Waals surface area contributed by atoms with Crippen molar-refractivity contribution in [3.63, 3.8) is 0 Å². The molecule has 1 aromatic rings. The largest absolute Gasteiger partial charge is 0.378 e. The number of nitrogens with one attached hydrogen (secondary N) is 1. The number of carbonyl (C=O) groups excluding carboxylic acids is 1. The molecule has 0 spiro atoms. The highest BCUT2D eigenvalue weighted by atomic mass is 19.1. The van der Waals surface area contributed by atoms with Gasteiger partial charge >= 0.3 is 0 Å². The summed E-state index contributed by atoms with van der Waals surface area (Å²) in [6, 6.07) is 1.45. The van der Waals surface area contributed by atoms with Crippen molar-refractivity contribution in [3.05, 3.63) is 24.3 Å². The predicted molar refractivity (Wildman–Crippen MR) is 61.0 cm³/mol. The second kappa shape index (κ2) is 5.23. The van der Waals surface area contributed by atoms with Gasteiger partial charge in [0.25, 0.3) is 0 Å². The van der Waals surface area contributed by atoms with Crippen LogP contribution in [0.3, 0.4) is 0 Å². The molecule has 4 nitrogen and oxygen atoms in total. The van der Waals surface area contributed by atoms with Crippen LogP contribution in [0.25, 0.3) is 0 Å². The van der Waals surface area contributed by atoms with Gasteiger partial charge in [-0.05, 0) is 25.8 Å². The first-order valence-corrected chi connectivity index (χ1v) is 5.70. The normalized spacial score (nSPS) is 24.4. The zero-order valence-electron chi connectivity index (χ0n) is 9.65. The molecule has 0 aliphatic carbocycles. The van der Waals surface area contributed by atoms with Gasteiger partial charge in [0, 0.05) is 12.8 Å². The Morgan fingerprint density at radius 2 is 2.47 bits per heavy atom. The lowest BCUT2D eigenvalue weighted by atomic mass is 9.94. The molecule has 0 bridgehead atoms. The average Bonchev–Trinajstić information content (AvgIpc) is 2.32. The number of aromatic nitrogens is 1. The minimum atomic E-state index is -0.523. The van der Waals surface area contributed by atoms with Crippen molar-refractivity contribution >= 4 is 11.6 Å². The van der Waals surface area contributed by atoms with E-state index in [4.69, 9.17) is 4.74 Å². The lowest BCUT2D eigenvalue weighted by molar-refractivity contribution is -0.127. The Morgan fingerprint density at radius 1 is 1.65 bits per heavy atom. The van der Waals surface area contributed by atoms with Gasteiger partial charge < -0.3 is 10.1 Å². The second-order valence-corrected chi connectivity index (χ2v) is 4.17. The van der Waals surface area contributed by atoms with Crippen LogP contribution in [0.1, 0.15) is 19.8 Å². The summed E-state index contributed by atoms with van der Waals surface area (Å²) in [7, 11) is 0. The molecule has 1 fully saturated rings. The van der Waals surface area contributed by atoms with Gasteiger partial charge in [-0.2, -0.15) is 0 Å². The maximum absolute atomic E-state index is 13.3. The van der Waals surface area contributed by atoms with E-state index in [1.165, 1.54) is 12.3 Å². The van der Waals surface area contributed by atoms with Crippen molar-refractivity contribution in [2.24, 2.45) is 5.92 Å². The van der Waals surface area contributed by atoms with E-state index in [-0.39, 0.29) is 23.6 Å². The van der Waals surface area contributed by atoms with Gasteiger partial charge in [-0.1, -0.05) is 0 Å². The Labute approximate surface area is 99.2 Å². The fraction of sp³-hybridized carbons (Fsp3) is 0.500. The van der Waals surface area contributed by atoms with E-state index >= 15 is 0 Å². The molecule has 1 aliphatic rings. The fourth-order valence-corrected chi connectivity index (χ4v) is 1.97. The first-order valence-electron chi connectivity index (χ1n) is 5.70. The van der Waals surface area contributed by atoms with E-state index < -0.39 is 5.82 Å². The first kappa shape index (κ1) is 12.0. The number of amides is 1. The molecule has 1 saturated heterocycles. The molecule has 2 rings (SSSR count). The summed E-state index contributed by atoms with van der Waals surface area (Å²) in [5.41, 5.74) is 0.169. The van der Waals surface area contributed by atoms with Crippen LogP contribution in [-0.4, -0.2) is 23.6 Å². The van der Waals surface area contributed by atoms with Crippen molar-refractivity contribution in [1.82, 2.24) is 4.98 Å². The third kappa shape index (κ3) is 2.79. The number of carbonyl (C=O) groups is 1. The molecule has 0 radical (unpaired) electrons. The van der Waals surface area contributed by atoms with Crippen molar-refractivity contribution < 1.29 is 13.9 Å². The van der Waals surface area contributed by atoms with Crippen LogP contribution in [0, 0.1) is 11.7 Å². The van der Waals surface area contributed by atoms with E-state index in [1.54, 1.807) is 0 Å². The number of halogens is 1. The molecule has 2 atom stereocenters. The average molecular weight is 238 g/mol. The molecule has 1 aliphatic heterocycles. The van der Waals surface area contributed by atoms with Crippen LogP contribution < -0.4 is 5.32 Å². The van der Waals surface area contributed by atoms with Gasteiger partial charge in [0.15, 0.2) is 5.82 Å². The number of pyridine rings is 1. The zero-order chi connectivity index (χ0) is 12.3. The summed E-state index contributed by atoms with van der Waals surface area (Å²) in [5.74, 6) is -0.927. The number of hydrogen-bond donors (Lipinski definition) is 1. The standard InChI is InChI=1S/C12H15FN2O2/c1-8-9(3-2-6-17-8)12(16)15-11-4-5-14-7-10(11)13/h4-5,7-9H,2-3,6H2,1H3,(H,14,15,16)/t8-,9-/m1/s1. The van der Waals surface area contributed by atoms with Gasteiger partial charge in [0.1, 0.15) is 0 Å². The van der Waals surface area contributed by atoms with Crippen LogP contribution >= 0.6 is 0 Å². The smallest absolute Gasteiger partial charge is 0.230 e. The quantitative estimate of drug-likeness (QED) is 0.857. The van der Waals surface area contributed by atoms with E-state index in [2.05, 4.69) is 10.3 Å². The highest BCUT2D eigenvalue weighted by molar-refractivity contribution is 5.93. The highest BCUT2D eigenvalue weighted by Crippen LogP contribution is 2.22. The van der Waals surface area contributed by atoms with Gasteiger partial charge in [-0.25, -0.2) is 4.39 Å². The van der Waals surface area contributed by atoms with Crippen LogP contribution in [0.5, 0.6) is 0 Å². The lowest BCUT2D eigenvalue weighted by Gasteiger charge is -2.28. The third-order valence-electron chi connectivity index (χ3n) is 2.97. The lowest BCUT2D eigenvalue weighted by Crippen LogP contribution is -2.36. The Morgan fingerprint density at radius 3 is 3.18 bits per heavy atom. The fourth-order valence-electron chi connectivity index (χ4n) is 1.97. The molecule has 2 heterocycles. The van der Waals surface area contributed by atoms with Crippen molar-refractivity contribution in [2.75, 3.05) is 11.9 Å². The topological polar surface area (TPSA) is 51.2 Å². The molecule has 0 unspecified atom stereocenters. The minimum absolute atomic E-state index is 0.117. The van der Waals surface area contributed by atoms with E-state index in [1.807, 2.05) is 6.92 Å². The summed E-state index contributed by atoms with van der Waals surface area (Å²) >= 11 is 0. The van der Waals surface area contributed by atoms with E-state index in [9.17, 15) is 9.18 Å². The summed E-state index contributed by atoms with van der Waals surface area (Å²) < 4.78 is 18.7. The van der Waals surface area contributed by atoms with Crippen molar-refractivity contribution in [3.8, 4) is 0 Å². The number of hydrogen-bond acceptors (Lipinski definition) is 3. The Balaban J connectivity index is 2.03. The first-order chi connectivity index (χ1) is 8.18. The number of anilines is 1. The second-order valence-electron chi connectivity index (χ2n) is 4.17.